The lowest BCUT2D eigenvalue weighted by molar-refractivity contribution is 0.104. The van der Waals surface area contributed by atoms with E-state index in [4.69, 9.17) is 11.6 Å². The fourth-order valence-corrected chi connectivity index (χ4v) is 2.02. The first kappa shape index (κ1) is 15.3. The number of carbonyl (C=O) groups excluding carboxylic acids is 1. The highest BCUT2D eigenvalue weighted by atomic mass is 35.5. The molecule has 0 saturated heterocycles. The fourth-order valence-electron chi connectivity index (χ4n) is 1.84. The van der Waals surface area contributed by atoms with Crippen molar-refractivity contribution in [3.8, 4) is 0 Å². The summed E-state index contributed by atoms with van der Waals surface area (Å²) in [5.41, 5.74) is 3.01. The van der Waals surface area contributed by atoms with Crippen LogP contribution in [-0.4, -0.2) is 5.78 Å². The van der Waals surface area contributed by atoms with Gasteiger partial charge in [0.15, 0.2) is 5.78 Å². The summed E-state index contributed by atoms with van der Waals surface area (Å²) >= 11 is 5.71. The average molecular weight is 304 g/mol. The Morgan fingerprint density at radius 2 is 1.86 bits per heavy atom. The lowest BCUT2D eigenvalue weighted by Gasteiger charge is -2.07. The second-order valence-corrected chi connectivity index (χ2v) is 5.22. The van der Waals surface area contributed by atoms with E-state index in [2.05, 4.69) is 5.32 Å². The SMILES string of the molecule is CC(=CC(=O)c1ccc(C)cc1)Nc1ccc(F)c(Cl)c1. The number of halogens is 2. The van der Waals surface area contributed by atoms with Crippen LogP contribution in [0.2, 0.25) is 5.02 Å². The van der Waals surface area contributed by atoms with E-state index in [1.165, 1.54) is 18.2 Å². The second-order valence-electron chi connectivity index (χ2n) is 4.81. The first-order valence-corrected chi connectivity index (χ1v) is 6.85. The molecular weight excluding hydrogens is 289 g/mol. The summed E-state index contributed by atoms with van der Waals surface area (Å²) in [6.07, 6.45) is 1.50. The molecule has 1 N–H and O–H groups in total. The lowest BCUT2D eigenvalue weighted by Crippen LogP contribution is -2.01. The van der Waals surface area contributed by atoms with Gasteiger partial charge in [-0.2, -0.15) is 0 Å². The molecule has 0 aliphatic heterocycles. The third-order valence-electron chi connectivity index (χ3n) is 2.94. The van der Waals surface area contributed by atoms with Gasteiger partial charge in [-0.3, -0.25) is 4.79 Å². The van der Waals surface area contributed by atoms with Crippen LogP contribution in [0.1, 0.15) is 22.8 Å². The van der Waals surface area contributed by atoms with Crippen molar-refractivity contribution >= 4 is 23.1 Å². The molecule has 0 amide bonds. The molecule has 0 atom stereocenters. The van der Waals surface area contributed by atoms with Crippen molar-refractivity contribution in [3.05, 3.63) is 76.2 Å². The van der Waals surface area contributed by atoms with Crippen LogP contribution in [0.15, 0.2) is 54.2 Å². The summed E-state index contributed by atoms with van der Waals surface area (Å²) in [7, 11) is 0. The molecule has 0 saturated carbocycles. The molecule has 21 heavy (non-hydrogen) atoms. The van der Waals surface area contributed by atoms with E-state index in [1.807, 2.05) is 19.1 Å². The molecule has 4 heteroatoms. The highest BCUT2D eigenvalue weighted by Crippen LogP contribution is 2.20. The van der Waals surface area contributed by atoms with Crippen LogP contribution < -0.4 is 5.32 Å². The molecule has 2 aromatic rings. The van der Waals surface area contributed by atoms with Gasteiger partial charge in [0.25, 0.3) is 0 Å². The van der Waals surface area contributed by atoms with Crippen LogP contribution in [0.25, 0.3) is 0 Å². The third-order valence-corrected chi connectivity index (χ3v) is 3.23. The number of ketones is 1. The number of hydrogen-bond donors (Lipinski definition) is 1. The Kier molecular flexibility index (Phi) is 4.76. The minimum absolute atomic E-state index is 0.0395. The predicted molar refractivity (Wildman–Crippen MR) is 84.3 cm³/mol. The van der Waals surface area contributed by atoms with Gasteiger partial charge in [0.2, 0.25) is 0 Å². The van der Waals surface area contributed by atoms with Crippen molar-refractivity contribution in [2.75, 3.05) is 5.32 Å². The normalized spacial score (nSPS) is 11.3. The number of hydrogen-bond acceptors (Lipinski definition) is 2. The molecule has 0 aliphatic rings. The van der Waals surface area contributed by atoms with Crippen LogP contribution in [0.3, 0.4) is 0 Å². The van der Waals surface area contributed by atoms with Crippen molar-refractivity contribution in [1.29, 1.82) is 0 Å². The van der Waals surface area contributed by atoms with Crippen molar-refractivity contribution in [1.82, 2.24) is 0 Å². The van der Waals surface area contributed by atoms with Gasteiger partial charge in [0, 0.05) is 23.0 Å². The van der Waals surface area contributed by atoms with Crippen molar-refractivity contribution in [2.24, 2.45) is 0 Å². The molecule has 0 heterocycles. The number of benzene rings is 2. The van der Waals surface area contributed by atoms with Crippen LogP contribution in [0, 0.1) is 12.7 Å². The fraction of sp³-hybridized carbons (Fsp3) is 0.118. The molecule has 2 aromatic carbocycles. The summed E-state index contributed by atoms with van der Waals surface area (Å²) < 4.78 is 13.1. The summed E-state index contributed by atoms with van der Waals surface area (Å²) in [5.74, 6) is -0.562. The molecule has 0 bridgehead atoms. The molecule has 2 nitrogen and oxygen atoms in total. The van der Waals surface area contributed by atoms with Crippen molar-refractivity contribution in [3.63, 3.8) is 0 Å². The molecule has 0 unspecified atom stereocenters. The zero-order valence-electron chi connectivity index (χ0n) is 11.8. The van der Waals surface area contributed by atoms with Gasteiger partial charge in [0.05, 0.1) is 5.02 Å². The summed E-state index contributed by atoms with van der Waals surface area (Å²) in [6, 6.07) is 11.7. The Balaban J connectivity index is 2.11. The number of nitrogens with one attached hydrogen (secondary N) is 1. The number of anilines is 1. The van der Waals surface area contributed by atoms with E-state index in [-0.39, 0.29) is 10.8 Å². The van der Waals surface area contributed by atoms with Crippen LogP contribution in [-0.2, 0) is 0 Å². The van der Waals surface area contributed by atoms with Crippen molar-refractivity contribution in [2.45, 2.75) is 13.8 Å². The topological polar surface area (TPSA) is 29.1 Å². The first-order chi connectivity index (χ1) is 9.95. The molecule has 0 radical (unpaired) electrons. The molecule has 0 aromatic heterocycles. The minimum Gasteiger partial charge on any atom is -0.359 e. The molecule has 0 spiro atoms. The standard InChI is InChI=1S/C17H15ClFNO/c1-11-3-5-13(6-4-11)17(21)9-12(2)20-14-7-8-16(19)15(18)10-14/h3-10,20H,1-2H3. The van der Waals surface area contributed by atoms with E-state index in [0.29, 0.717) is 16.9 Å². The highest BCUT2D eigenvalue weighted by molar-refractivity contribution is 6.31. The van der Waals surface area contributed by atoms with Gasteiger partial charge >= 0.3 is 0 Å². The third kappa shape index (κ3) is 4.17. The zero-order valence-corrected chi connectivity index (χ0v) is 12.5. The second kappa shape index (κ2) is 6.55. The Labute approximate surface area is 128 Å². The predicted octanol–water partition coefficient (Wildman–Crippen LogP) is 4.99. The van der Waals surface area contributed by atoms with E-state index in [1.54, 1.807) is 25.1 Å². The number of rotatable bonds is 4. The van der Waals surface area contributed by atoms with E-state index in [9.17, 15) is 9.18 Å². The Morgan fingerprint density at radius 3 is 2.48 bits per heavy atom. The molecule has 0 aliphatic carbocycles. The van der Waals surface area contributed by atoms with Gasteiger partial charge < -0.3 is 5.32 Å². The molecular formula is C17H15ClFNO. The maximum absolute atomic E-state index is 13.1. The number of allylic oxidation sites excluding steroid dienone is 2. The highest BCUT2D eigenvalue weighted by Gasteiger charge is 2.04. The van der Waals surface area contributed by atoms with Gasteiger partial charge in [-0.05, 0) is 32.0 Å². The number of aryl methyl sites for hydroxylation is 1. The number of carbonyl (C=O) groups is 1. The van der Waals surface area contributed by atoms with Crippen molar-refractivity contribution < 1.29 is 9.18 Å². The van der Waals surface area contributed by atoms with E-state index in [0.717, 1.165) is 5.56 Å². The summed E-state index contributed by atoms with van der Waals surface area (Å²) in [6.45, 7) is 3.73. The Bertz CT molecular complexity index is 692. The molecule has 108 valence electrons. The van der Waals surface area contributed by atoms with E-state index >= 15 is 0 Å². The lowest BCUT2D eigenvalue weighted by atomic mass is 10.1. The van der Waals surface area contributed by atoms with Crippen LogP contribution >= 0.6 is 11.6 Å². The van der Waals surface area contributed by atoms with Gasteiger partial charge in [-0.15, -0.1) is 0 Å². The Hall–Kier alpha value is -2.13. The maximum atomic E-state index is 13.1. The van der Waals surface area contributed by atoms with Gasteiger partial charge in [0.1, 0.15) is 5.82 Å². The first-order valence-electron chi connectivity index (χ1n) is 6.47. The van der Waals surface area contributed by atoms with Crippen LogP contribution in [0.5, 0.6) is 0 Å². The maximum Gasteiger partial charge on any atom is 0.187 e. The monoisotopic (exact) mass is 303 g/mol. The Morgan fingerprint density at radius 1 is 1.19 bits per heavy atom. The quantitative estimate of drug-likeness (QED) is 0.637. The molecule has 0 fully saturated rings. The summed E-state index contributed by atoms with van der Waals surface area (Å²) in [5, 5.41) is 3.05. The average Bonchev–Trinajstić information content (AvgIpc) is 2.43. The van der Waals surface area contributed by atoms with Gasteiger partial charge in [-0.1, -0.05) is 41.4 Å². The summed E-state index contributed by atoms with van der Waals surface area (Å²) in [4.78, 5) is 12.1. The van der Waals surface area contributed by atoms with E-state index < -0.39 is 5.82 Å². The zero-order chi connectivity index (χ0) is 15.4. The van der Waals surface area contributed by atoms with Gasteiger partial charge in [-0.25, -0.2) is 4.39 Å². The van der Waals surface area contributed by atoms with Crippen LogP contribution in [0.4, 0.5) is 10.1 Å². The minimum atomic E-state index is -0.473. The largest absolute Gasteiger partial charge is 0.359 e. The molecule has 2 rings (SSSR count). The smallest absolute Gasteiger partial charge is 0.187 e.